The molecule has 2 aliphatic rings. The van der Waals surface area contributed by atoms with Crippen LogP contribution in [0.2, 0.25) is 5.02 Å². The van der Waals surface area contributed by atoms with Crippen molar-refractivity contribution in [2.45, 2.75) is 37.1 Å². The lowest BCUT2D eigenvalue weighted by Gasteiger charge is -2.34. The standard InChI is InChI=1S/C17H17ClF2N3O7PS/c18-9-5-23(16(26)22-13(9)21)14-11(24)12(25)17(29-14,15(19)20)7-28-31(32)27-6-8-3-1-2-4-10(8)30-31/h1-5,11-12,14-15,24-25H,6-7H2,(H2,21,22,26)/t11-,12-,14-,17-,31?/m1/s1. The molecule has 32 heavy (non-hydrogen) atoms. The number of nitrogens with zero attached hydrogens (tertiary/aromatic N) is 2. The zero-order valence-corrected chi connectivity index (χ0v) is 18.5. The van der Waals surface area contributed by atoms with Gasteiger partial charge in [0.05, 0.1) is 18.2 Å². The van der Waals surface area contributed by atoms with Crippen LogP contribution in [0.25, 0.3) is 0 Å². The molecule has 1 aromatic carbocycles. The third-order valence-electron chi connectivity index (χ3n) is 5.04. The van der Waals surface area contributed by atoms with E-state index in [2.05, 4.69) is 4.98 Å². The summed E-state index contributed by atoms with van der Waals surface area (Å²) in [4.78, 5) is 15.6. The maximum atomic E-state index is 14.1. The molecule has 0 spiro atoms. The molecule has 174 valence electrons. The van der Waals surface area contributed by atoms with Gasteiger partial charge in [0.1, 0.15) is 23.8 Å². The van der Waals surface area contributed by atoms with Gasteiger partial charge >= 0.3 is 12.4 Å². The molecule has 1 saturated heterocycles. The second-order valence-electron chi connectivity index (χ2n) is 7.06. The predicted octanol–water partition coefficient (Wildman–Crippen LogP) is 1.58. The van der Waals surface area contributed by atoms with Crippen molar-refractivity contribution in [1.82, 2.24) is 9.55 Å². The third-order valence-corrected chi connectivity index (χ3v) is 7.50. The third kappa shape index (κ3) is 4.03. The van der Waals surface area contributed by atoms with Crippen molar-refractivity contribution in [2.24, 2.45) is 0 Å². The molecule has 0 aliphatic carbocycles. The van der Waals surface area contributed by atoms with Crippen molar-refractivity contribution in [2.75, 3.05) is 12.3 Å². The number of rotatable bonds is 5. The van der Waals surface area contributed by atoms with E-state index in [1.54, 1.807) is 24.3 Å². The number of hydrogen-bond acceptors (Lipinski definition) is 10. The first-order valence-corrected chi connectivity index (χ1v) is 12.0. The average Bonchev–Trinajstić information content (AvgIpc) is 3.01. The van der Waals surface area contributed by atoms with Gasteiger partial charge < -0.3 is 25.2 Å². The molecule has 1 fully saturated rings. The molecule has 0 bridgehead atoms. The zero-order chi connectivity index (χ0) is 23.3. The van der Waals surface area contributed by atoms with Crippen LogP contribution < -0.4 is 15.9 Å². The van der Waals surface area contributed by atoms with Crippen LogP contribution in [-0.4, -0.2) is 50.6 Å². The van der Waals surface area contributed by atoms with Gasteiger partial charge in [-0.1, -0.05) is 29.8 Å². The predicted molar refractivity (Wildman–Crippen MR) is 111 cm³/mol. The number of anilines is 1. The van der Waals surface area contributed by atoms with Crippen molar-refractivity contribution >= 4 is 35.9 Å². The molecule has 0 radical (unpaired) electrons. The molecule has 15 heteroatoms. The molecule has 3 heterocycles. The monoisotopic (exact) mass is 511 g/mol. The van der Waals surface area contributed by atoms with Gasteiger partial charge in [-0.15, -0.1) is 0 Å². The summed E-state index contributed by atoms with van der Waals surface area (Å²) in [6.07, 6.45) is -8.28. The van der Waals surface area contributed by atoms with E-state index in [0.717, 1.165) is 6.20 Å². The lowest BCUT2D eigenvalue weighted by atomic mass is 9.96. The first-order chi connectivity index (χ1) is 15.1. The molecule has 1 unspecified atom stereocenters. The van der Waals surface area contributed by atoms with Crippen LogP contribution in [0.5, 0.6) is 5.75 Å². The summed E-state index contributed by atoms with van der Waals surface area (Å²) in [6, 6.07) is 6.82. The van der Waals surface area contributed by atoms with Crippen LogP contribution >= 0.6 is 18.3 Å². The van der Waals surface area contributed by atoms with Crippen molar-refractivity contribution < 1.29 is 37.3 Å². The minimum Gasteiger partial charge on any atom is -0.424 e. The van der Waals surface area contributed by atoms with Gasteiger partial charge in [-0.05, 0) is 6.07 Å². The highest BCUT2D eigenvalue weighted by Crippen LogP contribution is 2.56. The fourth-order valence-electron chi connectivity index (χ4n) is 3.28. The molecular formula is C17H17ClF2N3O7PS. The number of para-hydroxylation sites is 1. The Bertz CT molecular complexity index is 1140. The number of hydrogen-bond donors (Lipinski definition) is 3. The van der Waals surface area contributed by atoms with Gasteiger partial charge in [0.2, 0.25) is 0 Å². The van der Waals surface area contributed by atoms with Gasteiger partial charge in [0, 0.05) is 23.6 Å². The maximum Gasteiger partial charge on any atom is 0.381 e. The molecule has 2 aliphatic heterocycles. The molecule has 4 N–H and O–H groups in total. The Labute approximate surface area is 189 Å². The molecule has 0 saturated carbocycles. The van der Waals surface area contributed by atoms with Crippen LogP contribution in [0.4, 0.5) is 14.6 Å². The van der Waals surface area contributed by atoms with Gasteiger partial charge in [-0.2, -0.15) is 4.98 Å². The Morgan fingerprint density at radius 3 is 2.88 bits per heavy atom. The lowest BCUT2D eigenvalue weighted by molar-refractivity contribution is -0.193. The van der Waals surface area contributed by atoms with Gasteiger partial charge in [0.25, 0.3) is 6.43 Å². The second-order valence-corrected chi connectivity index (χ2v) is 10.4. The van der Waals surface area contributed by atoms with E-state index in [0.29, 0.717) is 15.9 Å². The largest absolute Gasteiger partial charge is 0.424 e. The van der Waals surface area contributed by atoms with E-state index in [-0.39, 0.29) is 17.4 Å². The highest BCUT2D eigenvalue weighted by atomic mass is 35.5. The number of ether oxygens (including phenoxy) is 1. The molecule has 10 nitrogen and oxygen atoms in total. The van der Waals surface area contributed by atoms with Crippen molar-refractivity contribution in [3.63, 3.8) is 0 Å². The molecular weight excluding hydrogens is 495 g/mol. The highest BCUT2D eigenvalue weighted by molar-refractivity contribution is 8.07. The minimum atomic E-state index is -3.53. The number of aromatic nitrogens is 2. The fraction of sp³-hybridized carbons (Fsp3) is 0.412. The van der Waals surface area contributed by atoms with E-state index in [4.69, 9.17) is 47.4 Å². The van der Waals surface area contributed by atoms with E-state index in [1.165, 1.54) is 0 Å². The Morgan fingerprint density at radius 1 is 1.44 bits per heavy atom. The summed E-state index contributed by atoms with van der Waals surface area (Å²) in [7, 11) is 0. The van der Waals surface area contributed by atoms with Gasteiger partial charge in [0.15, 0.2) is 11.8 Å². The Kier molecular flexibility index (Phi) is 6.29. The number of benzene rings is 1. The number of aliphatic hydroxyl groups excluding tert-OH is 2. The van der Waals surface area contributed by atoms with E-state index in [9.17, 15) is 23.8 Å². The number of aliphatic hydroxyl groups is 2. The smallest absolute Gasteiger partial charge is 0.381 e. The normalized spacial score (nSPS) is 32.0. The second kappa shape index (κ2) is 8.58. The van der Waals surface area contributed by atoms with E-state index >= 15 is 0 Å². The Hall–Kier alpha value is -1.70. The quantitative estimate of drug-likeness (QED) is 0.507. The number of nitrogen functional groups attached to an aromatic ring is 1. The summed E-state index contributed by atoms with van der Waals surface area (Å²) in [5, 5.41) is 20.7. The fourth-order valence-corrected chi connectivity index (χ4v) is 5.25. The van der Waals surface area contributed by atoms with Crippen LogP contribution in [0.1, 0.15) is 11.8 Å². The SMILES string of the molecule is Nc1nc(=O)n([C@@H]2O[C@@](COP3(=S)OCc4ccccc4O3)(C(F)F)[C@H](O)[C@H]2O)cc1Cl. The summed E-state index contributed by atoms with van der Waals surface area (Å²) in [6.45, 7) is -4.49. The number of fused-ring (bicyclic) bond motifs is 1. The molecule has 0 amide bonds. The first kappa shape index (κ1) is 23.5. The van der Waals surface area contributed by atoms with Gasteiger partial charge in [-0.25, -0.2) is 13.6 Å². The molecule has 1 aromatic heterocycles. The van der Waals surface area contributed by atoms with Crippen LogP contribution in [0.15, 0.2) is 35.3 Å². The average molecular weight is 512 g/mol. The van der Waals surface area contributed by atoms with E-state index in [1.807, 2.05) is 0 Å². The Morgan fingerprint density at radius 2 is 2.16 bits per heavy atom. The number of halogens is 3. The molecule has 4 rings (SSSR count). The Balaban J connectivity index is 1.59. The summed E-state index contributed by atoms with van der Waals surface area (Å²) >= 11 is 11.1. The van der Waals surface area contributed by atoms with Crippen LogP contribution in [-0.2, 0) is 32.2 Å². The number of alkyl halides is 2. The van der Waals surface area contributed by atoms with Crippen molar-refractivity contribution in [3.8, 4) is 5.75 Å². The molecule has 2 aromatic rings. The van der Waals surface area contributed by atoms with Crippen molar-refractivity contribution in [1.29, 1.82) is 0 Å². The first-order valence-electron chi connectivity index (χ1n) is 9.09. The van der Waals surface area contributed by atoms with Gasteiger partial charge in [-0.3, -0.25) is 13.6 Å². The topological polar surface area (TPSA) is 138 Å². The van der Waals surface area contributed by atoms with Crippen molar-refractivity contribution in [3.05, 3.63) is 51.5 Å². The minimum absolute atomic E-state index is 0.0365. The van der Waals surface area contributed by atoms with Crippen LogP contribution in [0.3, 0.4) is 0 Å². The lowest BCUT2D eigenvalue weighted by Crippen LogP contribution is -2.52. The van der Waals surface area contributed by atoms with E-state index < -0.39 is 49.5 Å². The zero-order valence-electron chi connectivity index (χ0n) is 16.0. The summed E-state index contributed by atoms with van der Waals surface area (Å²) in [5.74, 6) is 0.0854. The van der Waals surface area contributed by atoms with Crippen LogP contribution in [0, 0.1) is 0 Å². The number of nitrogens with two attached hydrogens (primary N) is 1. The summed E-state index contributed by atoms with van der Waals surface area (Å²) in [5.41, 5.74) is 2.35. The highest BCUT2D eigenvalue weighted by Gasteiger charge is 2.61. The molecule has 5 atom stereocenters. The maximum absolute atomic E-state index is 14.1. The summed E-state index contributed by atoms with van der Waals surface area (Å²) < 4.78 is 50.7.